The molecule has 0 saturated carbocycles. The number of carbonyl (C=O) groups excluding carboxylic acids is 1. The highest BCUT2D eigenvalue weighted by Crippen LogP contribution is 2.31. The number of aldehydes is 1. The Labute approximate surface area is 213 Å². The summed E-state index contributed by atoms with van der Waals surface area (Å²) in [5, 5.41) is 11.9. The molecule has 0 atom stereocenters. The Morgan fingerprint density at radius 3 is 2.50 bits per heavy atom. The highest BCUT2D eigenvalue weighted by molar-refractivity contribution is 6.30. The molecule has 1 aliphatic heterocycles. The number of hydrogen-bond acceptors (Lipinski definition) is 7. The summed E-state index contributed by atoms with van der Waals surface area (Å²) in [4.78, 5) is 18.0. The number of aromatic nitrogens is 5. The maximum atomic E-state index is 11.2. The van der Waals surface area contributed by atoms with E-state index in [2.05, 4.69) is 32.0 Å². The average molecular weight is 504 g/mol. The molecule has 0 unspecified atom stereocenters. The van der Waals surface area contributed by atoms with Gasteiger partial charge < -0.3 is 15.4 Å². The number of anilines is 1. The number of benzene rings is 2. The Hall–Kier alpha value is -4.21. The lowest BCUT2D eigenvalue weighted by Gasteiger charge is -2.17. The number of halogens is 1. The summed E-state index contributed by atoms with van der Waals surface area (Å²) >= 11 is 6.12. The van der Waals surface area contributed by atoms with Gasteiger partial charge in [0.15, 0.2) is 11.9 Å². The van der Waals surface area contributed by atoms with Gasteiger partial charge in [0, 0.05) is 42.0 Å². The number of methoxy groups -OCH3 is 1. The van der Waals surface area contributed by atoms with Crippen molar-refractivity contribution in [1.29, 1.82) is 0 Å². The van der Waals surface area contributed by atoms with Gasteiger partial charge in [-0.25, -0.2) is 9.50 Å². The molecule has 36 heavy (non-hydrogen) atoms. The van der Waals surface area contributed by atoms with Crippen LogP contribution in [0.3, 0.4) is 0 Å². The molecule has 0 spiro atoms. The molecule has 5 aromatic rings. The van der Waals surface area contributed by atoms with E-state index in [1.165, 1.54) is 18.2 Å². The van der Waals surface area contributed by atoms with E-state index < -0.39 is 0 Å². The minimum absolute atomic E-state index is 0.343. The first-order chi connectivity index (χ1) is 17.6. The first-order valence-electron chi connectivity index (χ1n) is 11.2. The minimum Gasteiger partial charge on any atom is -0.497 e. The number of nitrogens with zero attached hydrogens (tertiary/aromatic N) is 5. The number of fused-ring (bicyclic) bond motifs is 2. The van der Waals surface area contributed by atoms with Gasteiger partial charge in [0.05, 0.1) is 19.0 Å². The van der Waals surface area contributed by atoms with Crippen LogP contribution >= 0.6 is 11.6 Å². The van der Waals surface area contributed by atoms with Gasteiger partial charge in [-0.05, 0) is 42.4 Å². The van der Waals surface area contributed by atoms with Gasteiger partial charge in [-0.15, -0.1) is 0 Å². The normalized spacial score (nSPS) is 11.7. The largest absolute Gasteiger partial charge is 0.497 e. The van der Waals surface area contributed by atoms with Gasteiger partial charge in [0.1, 0.15) is 17.3 Å². The summed E-state index contributed by atoms with van der Waals surface area (Å²) in [6.07, 6.45) is 4.24. The zero-order valence-corrected chi connectivity index (χ0v) is 20.7. The van der Waals surface area contributed by atoms with Crippen LogP contribution in [0.15, 0.2) is 73.1 Å². The molecule has 184 valence electrons. The predicted molar refractivity (Wildman–Crippen MR) is 140 cm³/mol. The van der Waals surface area contributed by atoms with E-state index in [9.17, 15) is 4.79 Å². The number of nitrogens with two attached hydrogens (primary N) is 1. The van der Waals surface area contributed by atoms with Crippen LogP contribution in [0.25, 0.3) is 16.9 Å². The van der Waals surface area contributed by atoms with Crippen molar-refractivity contribution in [1.82, 2.24) is 24.8 Å². The number of para-hydroxylation sites is 1. The Morgan fingerprint density at radius 2 is 1.83 bits per heavy atom. The number of rotatable bonds is 4. The Kier molecular flexibility index (Phi) is 7.94. The molecule has 0 bridgehead atoms. The molecule has 9 nitrogen and oxygen atoms in total. The minimum atomic E-state index is 0.343. The third-order valence-corrected chi connectivity index (χ3v) is 5.78. The Bertz CT molecular complexity index is 1440. The zero-order valence-electron chi connectivity index (χ0n) is 19.9. The summed E-state index contributed by atoms with van der Waals surface area (Å²) in [7, 11) is 3.16. The molecule has 0 radical (unpaired) electrons. The van der Waals surface area contributed by atoms with Gasteiger partial charge in [-0.2, -0.15) is 10.2 Å². The lowest BCUT2D eigenvalue weighted by atomic mass is 10.1. The molecule has 3 N–H and O–H groups in total. The molecule has 0 saturated heterocycles. The van der Waals surface area contributed by atoms with Gasteiger partial charge >= 0.3 is 0 Å². The monoisotopic (exact) mass is 503 g/mol. The van der Waals surface area contributed by atoms with Gasteiger partial charge in [-0.1, -0.05) is 35.9 Å². The molecule has 1 aliphatic rings. The highest BCUT2D eigenvalue weighted by atomic mass is 35.5. The molecule has 3 aromatic heterocycles. The predicted octanol–water partition coefficient (Wildman–Crippen LogP) is 4.38. The van der Waals surface area contributed by atoms with E-state index in [-0.39, 0.29) is 0 Å². The van der Waals surface area contributed by atoms with E-state index in [1.807, 2.05) is 48.5 Å². The molecule has 10 heteroatoms. The Morgan fingerprint density at radius 1 is 1.06 bits per heavy atom. The van der Waals surface area contributed by atoms with E-state index in [0.29, 0.717) is 11.3 Å². The third-order valence-electron chi connectivity index (χ3n) is 5.54. The first kappa shape index (κ1) is 24.9. The fraction of sp³-hybridized carbons (Fsp3) is 0.154. The number of nitrogens with one attached hydrogen (secondary N) is 1. The quantitative estimate of drug-likeness (QED) is 0.350. The van der Waals surface area contributed by atoms with Crippen LogP contribution < -0.4 is 15.4 Å². The number of H-pyrrole nitrogens is 1. The zero-order chi connectivity index (χ0) is 25.5. The van der Waals surface area contributed by atoms with Crippen LogP contribution in [-0.2, 0) is 13.1 Å². The second kappa shape index (κ2) is 11.5. The summed E-state index contributed by atoms with van der Waals surface area (Å²) in [6, 6.07) is 19.3. The molecular weight excluding hydrogens is 478 g/mol. The van der Waals surface area contributed by atoms with Crippen molar-refractivity contribution in [2.24, 2.45) is 5.73 Å². The standard InChI is InChI=1S/C18H13ClN6O.C7H8O.CH5N/c19-14-2-1-11-8-24(9-12(11)3-14)17-5-16(13-6-20-21-7-13)25-18(22-17)4-15(10-26)23-25;1-8-7-5-3-2-4-6-7;1-2/h1-7,10H,8-9H2,(H,20,21);2-6H,1H3;2H2,1H3. The molecule has 0 fully saturated rings. The van der Waals surface area contributed by atoms with Crippen LogP contribution in [0, 0.1) is 0 Å². The van der Waals surface area contributed by atoms with Crippen molar-refractivity contribution < 1.29 is 9.53 Å². The lowest BCUT2D eigenvalue weighted by Crippen LogP contribution is -2.17. The van der Waals surface area contributed by atoms with E-state index in [0.717, 1.165) is 47.2 Å². The summed E-state index contributed by atoms with van der Waals surface area (Å²) in [5.41, 5.74) is 9.60. The number of hydrogen-bond donors (Lipinski definition) is 2. The fourth-order valence-corrected chi connectivity index (χ4v) is 4.07. The van der Waals surface area contributed by atoms with E-state index >= 15 is 0 Å². The molecule has 4 heterocycles. The fourth-order valence-electron chi connectivity index (χ4n) is 3.88. The number of aromatic amines is 1. The molecule has 0 aliphatic carbocycles. The first-order valence-corrected chi connectivity index (χ1v) is 11.6. The van der Waals surface area contributed by atoms with Crippen LogP contribution in [0.4, 0.5) is 5.82 Å². The summed E-state index contributed by atoms with van der Waals surface area (Å²) in [6.45, 7) is 1.49. The summed E-state index contributed by atoms with van der Waals surface area (Å²) in [5.74, 6) is 1.73. The smallest absolute Gasteiger partial charge is 0.170 e. The highest BCUT2D eigenvalue weighted by Gasteiger charge is 2.22. The van der Waals surface area contributed by atoms with E-state index in [1.54, 1.807) is 30.1 Å². The van der Waals surface area contributed by atoms with E-state index in [4.69, 9.17) is 21.3 Å². The number of ether oxygens (including phenoxy) is 1. The van der Waals surface area contributed by atoms with Crippen molar-refractivity contribution >= 4 is 29.4 Å². The van der Waals surface area contributed by atoms with Crippen LogP contribution in [0.5, 0.6) is 5.75 Å². The molecular formula is C26H26ClN7O2. The van der Waals surface area contributed by atoms with Gasteiger partial charge in [0.25, 0.3) is 0 Å². The lowest BCUT2D eigenvalue weighted by molar-refractivity contribution is 0.111. The summed E-state index contributed by atoms with van der Waals surface area (Å²) < 4.78 is 6.58. The van der Waals surface area contributed by atoms with Crippen molar-refractivity contribution in [3.05, 3.63) is 94.9 Å². The third kappa shape index (κ3) is 5.37. The Balaban J connectivity index is 0.000000259. The van der Waals surface area contributed by atoms with Crippen molar-refractivity contribution in [3.63, 3.8) is 0 Å². The molecule has 0 amide bonds. The maximum Gasteiger partial charge on any atom is 0.170 e. The number of carbonyl (C=O) groups is 1. The van der Waals surface area contributed by atoms with Crippen molar-refractivity contribution in [2.75, 3.05) is 19.1 Å². The maximum absolute atomic E-state index is 11.2. The molecule has 2 aromatic carbocycles. The van der Waals surface area contributed by atoms with Gasteiger partial charge in [-0.3, -0.25) is 9.89 Å². The van der Waals surface area contributed by atoms with Crippen molar-refractivity contribution in [3.8, 4) is 17.0 Å². The average Bonchev–Trinajstić information content (AvgIpc) is 3.69. The van der Waals surface area contributed by atoms with Crippen molar-refractivity contribution in [2.45, 2.75) is 13.1 Å². The van der Waals surface area contributed by atoms with Crippen LogP contribution in [0.1, 0.15) is 21.6 Å². The second-order valence-corrected chi connectivity index (χ2v) is 8.17. The topological polar surface area (TPSA) is 114 Å². The SMILES string of the molecule is CN.COc1ccccc1.O=Cc1cc2nc(N3Cc4ccc(Cl)cc4C3)cc(-c3cn[nH]c3)n2n1. The molecule has 6 rings (SSSR count). The second-order valence-electron chi connectivity index (χ2n) is 7.73. The van der Waals surface area contributed by atoms with Gasteiger partial charge in [0.2, 0.25) is 0 Å². The van der Waals surface area contributed by atoms with Crippen LogP contribution in [-0.4, -0.2) is 45.2 Å². The van der Waals surface area contributed by atoms with Crippen LogP contribution in [0.2, 0.25) is 5.02 Å².